The van der Waals surface area contributed by atoms with E-state index in [-0.39, 0.29) is 12.5 Å². The Kier molecular flexibility index (Phi) is 5.84. The fourth-order valence-corrected chi connectivity index (χ4v) is 0.750. The molecule has 0 aliphatic rings. The van der Waals surface area contributed by atoms with Crippen LogP contribution in [0.5, 0.6) is 0 Å². The minimum Gasteiger partial charge on any atom is -0.396 e. The monoisotopic (exact) mass is 159 g/mol. The summed E-state index contributed by atoms with van der Waals surface area (Å²) >= 11 is 0. The van der Waals surface area contributed by atoms with Gasteiger partial charge in [-0.1, -0.05) is 13.8 Å². The van der Waals surface area contributed by atoms with E-state index < -0.39 is 0 Å². The molecule has 0 unspecified atom stereocenters. The van der Waals surface area contributed by atoms with Crippen LogP contribution in [0.15, 0.2) is 0 Å². The standard InChI is InChI=1S/C8H17NO2/c1-7(2)6-8(11)9-4-3-5-10/h7,10H,3-6H2,1-2H3,(H,9,11). The van der Waals surface area contributed by atoms with Gasteiger partial charge in [0, 0.05) is 19.6 Å². The first-order valence-corrected chi connectivity index (χ1v) is 4.04. The van der Waals surface area contributed by atoms with E-state index in [1.165, 1.54) is 0 Å². The number of amides is 1. The highest BCUT2D eigenvalue weighted by atomic mass is 16.3. The molecular weight excluding hydrogens is 142 g/mol. The second-order valence-electron chi connectivity index (χ2n) is 3.03. The van der Waals surface area contributed by atoms with E-state index in [9.17, 15) is 4.79 Å². The number of carbonyl (C=O) groups is 1. The molecule has 0 aliphatic carbocycles. The molecule has 0 aromatic heterocycles. The summed E-state index contributed by atoms with van der Waals surface area (Å²) in [6.07, 6.45) is 1.22. The topological polar surface area (TPSA) is 49.3 Å². The molecule has 2 N–H and O–H groups in total. The lowest BCUT2D eigenvalue weighted by molar-refractivity contribution is -0.121. The Hall–Kier alpha value is -0.570. The van der Waals surface area contributed by atoms with Crippen LogP contribution < -0.4 is 5.32 Å². The number of hydrogen-bond acceptors (Lipinski definition) is 2. The van der Waals surface area contributed by atoms with Crippen LogP contribution in [-0.2, 0) is 4.79 Å². The third-order valence-corrected chi connectivity index (χ3v) is 1.25. The van der Waals surface area contributed by atoms with Crippen LogP contribution in [0.4, 0.5) is 0 Å². The van der Waals surface area contributed by atoms with Gasteiger partial charge in [-0.2, -0.15) is 0 Å². The van der Waals surface area contributed by atoms with Crippen molar-refractivity contribution >= 4 is 5.91 Å². The zero-order valence-corrected chi connectivity index (χ0v) is 7.26. The molecule has 3 nitrogen and oxygen atoms in total. The molecule has 0 radical (unpaired) electrons. The van der Waals surface area contributed by atoms with Crippen molar-refractivity contribution in [3.05, 3.63) is 0 Å². The van der Waals surface area contributed by atoms with Crippen LogP contribution in [0.3, 0.4) is 0 Å². The number of aliphatic hydroxyl groups excluding tert-OH is 1. The molecule has 0 aliphatic heterocycles. The largest absolute Gasteiger partial charge is 0.396 e. The maximum absolute atomic E-state index is 10.9. The van der Waals surface area contributed by atoms with Gasteiger partial charge in [-0.3, -0.25) is 4.79 Å². The molecule has 3 heteroatoms. The molecule has 0 rings (SSSR count). The van der Waals surface area contributed by atoms with E-state index >= 15 is 0 Å². The van der Waals surface area contributed by atoms with Gasteiger partial charge in [0.05, 0.1) is 0 Å². The average Bonchev–Trinajstić information content (AvgIpc) is 1.86. The van der Waals surface area contributed by atoms with E-state index in [0.29, 0.717) is 25.3 Å². The lowest BCUT2D eigenvalue weighted by atomic mass is 10.1. The fourth-order valence-electron chi connectivity index (χ4n) is 0.750. The summed E-state index contributed by atoms with van der Waals surface area (Å²) in [5.74, 6) is 0.484. The van der Waals surface area contributed by atoms with Gasteiger partial charge in [0.15, 0.2) is 0 Å². The maximum Gasteiger partial charge on any atom is 0.220 e. The predicted molar refractivity (Wildman–Crippen MR) is 44.2 cm³/mol. The normalized spacial score (nSPS) is 10.2. The number of aliphatic hydroxyl groups is 1. The zero-order chi connectivity index (χ0) is 8.69. The number of rotatable bonds is 5. The SMILES string of the molecule is CC(C)CC(=O)NCCCO. The Bertz CT molecular complexity index is 113. The summed E-state index contributed by atoms with van der Waals surface area (Å²) in [7, 11) is 0. The van der Waals surface area contributed by atoms with Crippen LogP contribution in [0.25, 0.3) is 0 Å². The fraction of sp³-hybridized carbons (Fsp3) is 0.875. The van der Waals surface area contributed by atoms with Gasteiger partial charge in [0.2, 0.25) is 5.91 Å². The Morgan fingerprint density at radius 3 is 2.64 bits per heavy atom. The third kappa shape index (κ3) is 7.33. The zero-order valence-electron chi connectivity index (χ0n) is 7.26. The Labute approximate surface area is 67.8 Å². The molecule has 0 bridgehead atoms. The van der Waals surface area contributed by atoms with Gasteiger partial charge in [0.1, 0.15) is 0 Å². The number of nitrogens with one attached hydrogen (secondary N) is 1. The molecule has 0 heterocycles. The molecule has 0 aromatic rings. The molecular formula is C8H17NO2. The maximum atomic E-state index is 10.9. The third-order valence-electron chi connectivity index (χ3n) is 1.25. The van der Waals surface area contributed by atoms with Crippen molar-refractivity contribution in [2.75, 3.05) is 13.2 Å². The first-order chi connectivity index (χ1) is 5.16. The van der Waals surface area contributed by atoms with Gasteiger partial charge in [-0.05, 0) is 12.3 Å². The number of hydrogen-bond donors (Lipinski definition) is 2. The molecule has 0 spiro atoms. The summed E-state index contributed by atoms with van der Waals surface area (Å²) in [5.41, 5.74) is 0. The Morgan fingerprint density at radius 2 is 2.18 bits per heavy atom. The molecule has 1 amide bonds. The van der Waals surface area contributed by atoms with Crippen molar-refractivity contribution in [1.82, 2.24) is 5.32 Å². The summed E-state index contributed by atoms with van der Waals surface area (Å²) in [5, 5.41) is 11.1. The molecule has 0 fully saturated rings. The predicted octanol–water partition coefficient (Wildman–Crippen LogP) is 0.531. The van der Waals surface area contributed by atoms with E-state index in [1.807, 2.05) is 13.8 Å². The molecule has 0 saturated heterocycles. The molecule has 66 valence electrons. The first kappa shape index (κ1) is 10.4. The lowest BCUT2D eigenvalue weighted by Gasteiger charge is -2.05. The van der Waals surface area contributed by atoms with E-state index in [4.69, 9.17) is 5.11 Å². The Balaban J connectivity index is 3.23. The minimum absolute atomic E-state index is 0.0773. The highest BCUT2D eigenvalue weighted by Crippen LogP contribution is 1.97. The van der Waals surface area contributed by atoms with Gasteiger partial charge in [-0.15, -0.1) is 0 Å². The molecule has 0 saturated carbocycles. The van der Waals surface area contributed by atoms with Gasteiger partial charge >= 0.3 is 0 Å². The van der Waals surface area contributed by atoms with E-state index in [1.54, 1.807) is 0 Å². The van der Waals surface area contributed by atoms with Crippen molar-refractivity contribution in [2.45, 2.75) is 26.7 Å². The van der Waals surface area contributed by atoms with Crippen molar-refractivity contribution in [2.24, 2.45) is 5.92 Å². The Morgan fingerprint density at radius 1 is 1.55 bits per heavy atom. The minimum atomic E-state index is 0.0773. The van der Waals surface area contributed by atoms with Crippen molar-refractivity contribution in [3.63, 3.8) is 0 Å². The summed E-state index contributed by atoms with van der Waals surface area (Å²) in [6, 6.07) is 0. The average molecular weight is 159 g/mol. The quantitative estimate of drug-likeness (QED) is 0.575. The van der Waals surface area contributed by atoms with Gasteiger partial charge < -0.3 is 10.4 Å². The molecule has 0 atom stereocenters. The van der Waals surface area contributed by atoms with Gasteiger partial charge in [-0.25, -0.2) is 0 Å². The smallest absolute Gasteiger partial charge is 0.220 e. The van der Waals surface area contributed by atoms with Crippen LogP contribution >= 0.6 is 0 Å². The van der Waals surface area contributed by atoms with Crippen LogP contribution in [0.2, 0.25) is 0 Å². The van der Waals surface area contributed by atoms with E-state index in [0.717, 1.165) is 0 Å². The van der Waals surface area contributed by atoms with Crippen LogP contribution in [-0.4, -0.2) is 24.2 Å². The highest BCUT2D eigenvalue weighted by molar-refractivity contribution is 5.75. The highest BCUT2D eigenvalue weighted by Gasteiger charge is 2.02. The lowest BCUT2D eigenvalue weighted by Crippen LogP contribution is -2.25. The van der Waals surface area contributed by atoms with Crippen LogP contribution in [0, 0.1) is 5.92 Å². The second-order valence-corrected chi connectivity index (χ2v) is 3.03. The van der Waals surface area contributed by atoms with Gasteiger partial charge in [0.25, 0.3) is 0 Å². The molecule has 0 aromatic carbocycles. The van der Waals surface area contributed by atoms with Crippen molar-refractivity contribution in [1.29, 1.82) is 0 Å². The first-order valence-electron chi connectivity index (χ1n) is 4.04. The van der Waals surface area contributed by atoms with Crippen LogP contribution in [0.1, 0.15) is 26.7 Å². The van der Waals surface area contributed by atoms with Crippen molar-refractivity contribution in [3.8, 4) is 0 Å². The number of carbonyl (C=O) groups excluding carboxylic acids is 1. The van der Waals surface area contributed by atoms with Crippen molar-refractivity contribution < 1.29 is 9.90 Å². The molecule has 11 heavy (non-hydrogen) atoms. The summed E-state index contributed by atoms with van der Waals surface area (Å²) in [6.45, 7) is 4.74. The summed E-state index contributed by atoms with van der Waals surface area (Å²) in [4.78, 5) is 10.9. The second kappa shape index (κ2) is 6.16. The van der Waals surface area contributed by atoms with E-state index in [2.05, 4.69) is 5.32 Å². The summed E-state index contributed by atoms with van der Waals surface area (Å²) < 4.78 is 0.